The van der Waals surface area contributed by atoms with E-state index >= 15 is 0 Å². The summed E-state index contributed by atoms with van der Waals surface area (Å²) in [5, 5.41) is 10.3. The van der Waals surface area contributed by atoms with Gasteiger partial charge in [0.25, 0.3) is 0 Å². The van der Waals surface area contributed by atoms with Gasteiger partial charge in [0, 0.05) is 21.5 Å². The molecule has 0 aromatic heterocycles. The maximum Gasteiger partial charge on any atom is 0.130 e. The van der Waals surface area contributed by atoms with E-state index in [-0.39, 0.29) is 5.56 Å². The monoisotopic (exact) mass is 328 g/mol. The first kappa shape index (κ1) is 13.5. The molecule has 1 N–H and O–H groups in total. The van der Waals surface area contributed by atoms with Crippen molar-refractivity contribution in [3.63, 3.8) is 0 Å². The summed E-state index contributed by atoms with van der Waals surface area (Å²) in [7, 11) is 0. The summed E-state index contributed by atoms with van der Waals surface area (Å²) in [5.74, 6) is -0.480. The van der Waals surface area contributed by atoms with Crippen molar-refractivity contribution in [3.05, 3.63) is 68.9 Å². The van der Waals surface area contributed by atoms with Crippen LogP contribution in [0.15, 0.2) is 46.9 Å². The van der Waals surface area contributed by atoms with Crippen molar-refractivity contribution < 1.29 is 9.50 Å². The smallest absolute Gasteiger partial charge is 0.130 e. The van der Waals surface area contributed by atoms with Crippen molar-refractivity contribution >= 4 is 27.5 Å². The predicted octanol–water partition coefficient (Wildman–Crippen LogP) is 4.52. The van der Waals surface area contributed by atoms with Crippen molar-refractivity contribution in [2.45, 2.75) is 12.5 Å². The second kappa shape index (κ2) is 5.83. The van der Waals surface area contributed by atoms with Gasteiger partial charge in [-0.15, -0.1) is 0 Å². The second-order valence-corrected chi connectivity index (χ2v) is 5.36. The molecule has 2 aromatic carbocycles. The van der Waals surface area contributed by atoms with E-state index in [9.17, 15) is 9.50 Å². The number of aliphatic hydroxyl groups is 1. The van der Waals surface area contributed by atoms with E-state index in [1.165, 1.54) is 12.1 Å². The molecule has 0 amide bonds. The molecular formula is C14H11BrClFO. The molecule has 4 heteroatoms. The van der Waals surface area contributed by atoms with Gasteiger partial charge in [-0.25, -0.2) is 4.39 Å². The van der Waals surface area contributed by atoms with Gasteiger partial charge >= 0.3 is 0 Å². The van der Waals surface area contributed by atoms with E-state index < -0.39 is 11.9 Å². The zero-order valence-corrected chi connectivity index (χ0v) is 11.7. The number of aliphatic hydroxyl groups excluding tert-OH is 1. The predicted molar refractivity (Wildman–Crippen MR) is 74.2 cm³/mol. The number of halogens is 3. The molecule has 0 aliphatic heterocycles. The number of hydrogen-bond donors (Lipinski definition) is 1. The van der Waals surface area contributed by atoms with Gasteiger partial charge in [-0.1, -0.05) is 45.7 Å². The lowest BCUT2D eigenvalue weighted by Gasteiger charge is -2.12. The number of benzene rings is 2. The average molecular weight is 330 g/mol. The molecule has 2 rings (SSSR count). The van der Waals surface area contributed by atoms with Gasteiger partial charge < -0.3 is 5.11 Å². The lowest BCUT2D eigenvalue weighted by atomic mass is 10.0. The van der Waals surface area contributed by atoms with E-state index in [1.54, 1.807) is 6.07 Å². The summed E-state index contributed by atoms with van der Waals surface area (Å²) in [5.41, 5.74) is 1.21. The van der Waals surface area contributed by atoms with Gasteiger partial charge in [0.05, 0.1) is 6.10 Å². The van der Waals surface area contributed by atoms with Crippen LogP contribution in [-0.2, 0) is 6.42 Å². The highest BCUT2D eigenvalue weighted by molar-refractivity contribution is 9.10. The van der Waals surface area contributed by atoms with E-state index in [2.05, 4.69) is 15.9 Å². The molecule has 0 aliphatic rings. The SMILES string of the molecule is OC(Cc1ccc(Br)cc1)c1ccc(Cl)cc1F. The topological polar surface area (TPSA) is 20.2 Å². The van der Waals surface area contributed by atoms with Crippen LogP contribution in [0.4, 0.5) is 4.39 Å². The van der Waals surface area contributed by atoms with Gasteiger partial charge in [-0.3, -0.25) is 0 Å². The fourth-order valence-corrected chi connectivity index (χ4v) is 2.15. The fraction of sp³-hybridized carbons (Fsp3) is 0.143. The van der Waals surface area contributed by atoms with Crippen LogP contribution in [0.2, 0.25) is 5.02 Å². The number of rotatable bonds is 3. The highest BCUT2D eigenvalue weighted by Crippen LogP contribution is 2.24. The molecule has 0 saturated heterocycles. The van der Waals surface area contributed by atoms with Gasteiger partial charge in [-0.05, 0) is 29.8 Å². The van der Waals surface area contributed by atoms with Gasteiger partial charge in [-0.2, -0.15) is 0 Å². The lowest BCUT2D eigenvalue weighted by Crippen LogP contribution is -2.04. The van der Waals surface area contributed by atoms with Gasteiger partial charge in [0.2, 0.25) is 0 Å². The molecule has 0 spiro atoms. The van der Waals surface area contributed by atoms with Gasteiger partial charge in [0.1, 0.15) is 5.82 Å². The minimum Gasteiger partial charge on any atom is -0.388 e. The largest absolute Gasteiger partial charge is 0.388 e. The molecule has 18 heavy (non-hydrogen) atoms. The molecule has 1 nitrogen and oxygen atoms in total. The first-order valence-corrected chi connectivity index (χ1v) is 6.61. The lowest BCUT2D eigenvalue weighted by molar-refractivity contribution is 0.173. The maximum absolute atomic E-state index is 13.6. The van der Waals surface area contributed by atoms with Crippen LogP contribution in [0.25, 0.3) is 0 Å². The van der Waals surface area contributed by atoms with E-state index in [0.29, 0.717) is 11.4 Å². The summed E-state index contributed by atoms with van der Waals surface area (Å²) < 4.78 is 14.6. The Morgan fingerprint density at radius 3 is 2.44 bits per heavy atom. The summed E-state index contributed by atoms with van der Waals surface area (Å²) in [4.78, 5) is 0. The molecule has 0 saturated carbocycles. The van der Waals surface area contributed by atoms with Crippen LogP contribution >= 0.6 is 27.5 Å². The average Bonchev–Trinajstić information content (AvgIpc) is 2.32. The Kier molecular flexibility index (Phi) is 4.38. The highest BCUT2D eigenvalue weighted by atomic mass is 79.9. The Bertz CT molecular complexity index is 542. The van der Waals surface area contributed by atoms with E-state index in [0.717, 1.165) is 10.0 Å². The Morgan fingerprint density at radius 1 is 1.17 bits per heavy atom. The van der Waals surface area contributed by atoms with Crippen LogP contribution in [0.1, 0.15) is 17.2 Å². The molecule has 1 unspecified atom stereocenters. The summed E-state index contributed by atoms with van der Waals surface area (Å²) >= 11 is 9.01. The van der Waals surface area contributed by atoms with Crippen molar-refractivity contribution in [1.82, 2.24) is 0 Å². The van der Waals surface area contributed by atoms with Gasteiger partial charge in [0.15, 0.2) is 0 Å². The highest BCUT2D eigenvalue weighted by Gasteiger charge is 2.13. The first-order chi connectivity index (χ1) is 8.56. The van der Waals surface area contributed by atoms with Crippen molar-refractivity contribution in [2.75, 3.05) is 0 Å². The van der Waals surface area contributed by atoms with Crippen LogP contribution in [0.5, 0.6) is 0 Å². The Hall–Kier alpha value is -0.900. The van der Waals surface area contributed by atoms with E-state index in [1.807, 2.05) is 24.3 Å². The summed E-state index contributed by atoms with van der Waals surface area (Å²) in [6.07, 6.45) is -0.505. The maximum atomic E-state index is 13.6. The summed E-state index contributed by atoms with van der Waals surface area (Å²) in [6.45, 7) is 0. The minimum absolute atomic E-state index is 0.266. The molecule has 94 valence electrons. The molecule has 1 atom stereocenters. The number of hydrogen-bond acceptors (Lipinski definition) is 1. The standard InChI is InChI=1S/C14H11BrClFO/c15-10-3-1-9(2-4-10)7-14(18)12-6-5-11(16)8-13(12)17/h1-6,8,14,18H,7H2. The van der Waals surface area contributed by atoms with Crippen molar-refractivity contribution in [3.8, 4) is 0 Å². The zero-order chi connectivity index (χ0) is 13.1. The molecule has 2 aromatic rings. The Labute approximate surface area is 118 Å². The van der Waals surface area contributed by atoms with Crippen LogP contribution < -0.4 is 0 Å². The molecule has 0 fully saturated rings. The Balaban J connectivity index is 2.16. The van der Waals surface area contributed by atoms with Crippen LogP contribution in [0.3, 0.4) is 0 Å². The molecular weight excluding hydrogens is 319 g/mol. The molecule has 0 bridgehead atoms. The zero-order valence-electron chi connectivity index (χ0n) is 9.41. The minimum atomic E-state index is -0.872. The van der Waals surface area contributed by atoms with Crippen molar-refractivity contribution in [1.29, 1.82) is 0 Å². The third kappa shape index (κ3) is 3.31. The Morgan fingerprint density at radius 2 is 1.83 bits per heavy atom. The third-order valence-corrected chi connectivity index (χ3v) is 3.43. The third-order valence-electron chi connectivity index (χ3n) is 2.66. The quantitative estimate of drug-likeness (QED) is 0.878. The fourth-order valence-electron chi connectivity index (χ4n) is 1.73. The van der Waals surface area contributed by atoms with Crippen LogP contribution in [0, 0.1) is 5.82 Å². The second-order valence-electron chi connectivity index (χ2n) is 4.01. The molecule has 0 radical (unpaired) electrons. The molecule has 0 heterocycles. The first-order valence-electron chi connectivity index (χ1n) is 5.44. The van der Waals surface area contributed by atoms with Crippen molar-refractivity contribution in [2.24, 2.45) is 0 Å². The van der Waals surface area contributed by atoms with Crippen LogP contribution in [-0.4, -0.2) is 5.11 Å². The normalized spacial score (nSPS) is 12.4. The van der Waals surface area contributed by atoms with E-state index in [4.69, 9.17) is 11.6 Å². The molecule has 0 aliphatic carbocycles. The summed E-state index contributed by atoms with van der Waals surface area (Å²) in [6, 6.07) is 11.9.